The third kappa shape index (κ3) is 4.77. The minimum absolute atomic E-state index is 0.638. The Labute approximate surface area is 91.5 Å². The van der Waals surface area contributed by atoms with Gasteiger partial charge in [0.1, 0.15) is 0 Å². The summed E-state index contributed by atoms with van der Waals surface area (Å²) in [6, 6.07) is 4.94. The van der Waals surface area contributed by atoms with Crippen molar-refractivity contribution in [3.05, 3.63) is 22.4 Å². The predicted octanol–water partition coefficient (Wildman–Crippen LogP) is 3.66. The molecule has 1 aromatic rings. The highest BCUT2D eigenvalue weighted by Crippen LogP contribution is 2.10. The van der Waals surface area contributed by atoms with Crippen molar-refractivity contribution in [2.24, 2.45) is 5.92 Å². The zero-order valence-electron chi connectivity index (χ0n) is 9.42. The van der Waals surface area contributed by atoms with Gasteiger partial charge in [0, 0.05) is 17.5 Å². The standard InChI is InChI=1S/C12H21NS/c1-10(2)6-7-11(3)13-9-12-5-4-8-14-12/h4-5,8,10-11,13H,6-7,9H2,1-3H3. The second-order valence-electron chi connectivity index (χ2n) is 4.33. The SMILES string of the molecule is CC(C)CCC(C)NCc1cccs1. The average molecular weight is 211 g/mol. The van der Waals surface area contributed by atoms with Crippen LogP contribution in [-0.2, 0) is 6.54 Å². The summed E-state index contributed by atoms with van der Waals surface area (Å²) in [7, 11) is 0. The van der Waals surface area contributed by atoms with Crippen LogP contribution in [-0.4, -0.2) is 6.04 Å². The molecule has 0 saturated carbocycles. The molecule has 0 spiro atoms. The Bertz CT molecular complexity index is 228. The Hall–Kier alpha value is -0.340. The van der Waals surface area contributed by atoms with E-state index in [0.29, 0.717) is 6.04 Å². The number of hydrogen-bond donors (Lipinski definition) is 1. The van der Waals surface area contributed by atoms with Crippen molar-refractivity contribution < 1.29 is 0 Å². The van der Waals surface area contributed by atoms with Crippen molar-refractivity contribution in [3.63, 3.8) is 0 Å². The molecular formula is C12H21NS. The van der Waals surface area contributed by atoms with Crippen molar-refractivity contribution in [1.29, 1.82) is 0 Å². The van der Waals surface area contributed by atoms with Crippen LogP contribution in [0, 0.1) is 5.92 Å². The third-order valence-corrected chi connectivity index (χ3v) is 3.26. The Morgan fingerprint density at radius 1 is 1.29 bits per heavy atom. The zero-order chi connectivity index (χ0) is 10.4. The van der Waals surface area contributed by atoms with E-state index in [1.807, 2.05) is 11.3 Å². The molecule has 2 heteroatoms. The number of nitrogens with one attached hydrogen (secondary N) is 1. The molecule has 0 aliphatic heterocycles. The first-order valence-corrected chi connectivity index (χ1v) is 6.32. The zero-order valence-corrected chi connectivity index (χ0v) is 10.2. The Balaban J connectivity index is 2.12. The lowest BCUT2D eigenvalue weighted by molar-refractivity contribution is 0.452. The monoisotopic (exact) mass is 211 g/mol. The minimum Gasteiger partial charge on any atom is -0.309 e. The largest absolute Gasteiger partial charge is 0.309 e. The molecule has 1 atom stereocenters. The van der Waals surface area contributed by atoms with Crippen molar-refractivity contribution in [2.75, 3.05) is 0 Å². The van der Waals surface area contributed by atoms with E-state index in [4.69, 9.17) is 0 Å². The van der Waals surface area contributed by atoms with Crippen LogP contribution in [0.3, 0.4) is 0 Å². The lowest BCUT2D eigenvalue weighted by Gasteiger charge is -2.14. The Kier molecular flexibility index (Phi) is 5.20. The van der Waals surface area contributed by atoms with Gasteiger partial charge in [-0.25, -0.2) is 0 Å². The van der Waals surface area contributed by atoms with Gasteiger partial charge < -0.3 is 5.32 Å². The van der Waals surface area contributed by atoms with Gasteiger partial charge in [-0.1, -0.05) is 19.9 Å². The second kappa shape index (κ2) is 6.20. The van der Waals surface area contributed by atoms with Gasteiger partial charge >= 0.3 is 0 Å². The van der Waals surface area contributed by atoms with Crippen LogP contribution in [0.4, 0.5) is 0 Å². The highest BCUT2D eigenvalue weighted by atomic mass is 32.1. The van der Waals surface area contributed by atoms with Gasteiger partial charge in [-0.2, -0.15) is 0 Å². The molecule has 80 valence electrons. The van der Waals surface area contributed by atoms with E-state index in [0.717, 1.165) is 12.5 Å². The van der Waals surface area contributed by atoms with Gasteiger partial charge in [0.2, 0.25) is 0 Å². The Morgan fingerprint density at radius 3 is 2.64 bits per heavy atom. The first-order chi connectivity index (χ1) is 6.68. The van der Waals surface area contributed by atoms with Crippen LogP contribution in [0.15, 0.2) is 17.5 Å². The van der Waals surface area contributed by atoms with Gasteiger partial charge in [-0.3, -0.25) is 0 Å². The lowest BCUT2D eigenvalue weighted by Crippen LogP contribution is -2.25. The maximum Gasteiger partial charge on any atom is 0.0302 e. The molecule has 0 aliphatic carbocycles. The van der Waals surface area contributed by atoms with Crippen molar-refractivity contribution in [1.82, 2.24) is 5.32 Å². The first-order valence-electron chi connectivity index (χ1n) is 5.44. The summed E-state index contributed by atoms with van der Waals surface area (Å²) in [6.07, 6.45) is 2.60. The molecule has 1 N–H and O–H groups in total. The number of thiophene rings is 1. The predicted molar refractivity (Wildman–Crippen MR) is 64.7 cm³/mol. The summed E-state index contributed by atoms with van der Waals surface area (Å²) in [4.78, 5) is 1.43. The first kappa shape index (κ1) is 11.7. The van der Waals surface area contributed by atoms with Gasteiger partial charge in [0.25, 0.3) is 0 Å². The number of hydrogen-bond acceptors (Lipinski definition) is 2. The van der Waals surface area contributed by atoms with E-state index >= 15 is 0 Å². The maximum atomic E-state index is 3.55. The highest BCUT2D eigenvalue weighted by Gasteiger charge is 2.03. The van der Waals surface area contributed by atoms with E-state index in [-0.39, 0.29) is 0 Å². The summed E-state index contributed by atoms with van der Waals surface area (Å²) in [5, 5.41) is 5.69. The van der Waals surface area contributed by atoms with Crippen LogP contribution in [0.2, 0.25) is 0 Å². The molecule has 0 aliphatic rings. The maximum absolute atomic E-state index is 3.55. The van der Waals surface area contributed by atoms with Crippen LogP contribution < -0.4 is 5.32 Å². The third-order valence-electron chi connectivity index (χ3n) is 2.38. The highest BCUT2D eigenvalue weighted by molar-refractivity contribution is 7.09. The average Bonchev–Trinajstić information content (AvgIpc) is 2.63. The molecule has 14 heavy (non-hydrogen) atoms. The molecular weight excluding hydrogens is 190 g/mol. The van der Waals surface area contributed by atoms with Gasteiger partial charge in [-0.15, -0.1) is 11.3 Å². The molecule has 1 heterocycles. The number of rotatable bonds is 6. The smallest absolute Gasteiger partial charge is 0.0302 e. The molecule has 0 bridgehead atoms. The molecule has 0 aromatic carbocycles. The van der Waals surface area contributed by atoms with Crippen LogP contribution in [0.1, 0.15) is 38.5 Å². The van der Waals surface area contributed by atoms with Gasteiger partial charge in [0.15, 0.2) is 0 Å². The molecule has 1 nitrogen and oxygen atoms in total. The topological polar surface area (TPSA) is 12.0 Å². The van der Waals surface area contributed by atoms with E-state index < -0.39 is 0 Å². The van der Waals surface area contributed by atoms with Crippen molar-refractivity contribution in [2.45, 2.75) is 46.2 Å². The fourth-order valence-electron chi connectivity index (χ4n) is 1.37. The van der Waals surface area contributed by atoms with Gasteiger partial charge in [-0.05, 0) is 37.1 Å². The second-order valence-corrected chi connectivity index (χ2v) is 5.36. The Morgan fingerprint density at radius 2 is 2.07 bits per heavy atom. The molecule has 1 aromatic heterocycles. The van der Waals surface area contributed by atoms with Crippen LogP contribution >= 0.6 is 11.3 Å². The van der Waals surface area contributed by atoms with Crippen molar-refractivity contribution in [3.8, 4) is 0 Å². The summed E-state index contributed by atoms with van der Waals surface area (Å²) >= 11 is 1.83. The molecule has 0 amide bonds. The normalized spacial score (nSPS) is 13.4. The van der Waals surface area contributed by atoms with E-state index in [9.17, 15) is 0 Å². The summed E-state index contributed by atoms with van der Waals surface area (Å²) < 4.78 is 0. The fraction of sp³-hybridized carbons (Fsp3) is 0.667. The van der Waals surface area contributed by atoms with E-state index in [1.165, 1.54) is 17.7 Å². The molecule has 1 unspecified atom stereocenters. The molecule has 0 fully saturated rings. The van der Waals surface area contributed by atoms with Gasteiger partial charge in [0.05, 0.1) is 0 Å². The van der Waals surface area contributed by atoms with E-state index in [2.05, 4.69) is 43.6 Å². The van der Waals surface area contributed by atoms with Crippen molar-refractivity contribution >= 4 is 11.3 Å². The lowest BCUT2D eigenvalue weighted by atomic mass is 10.0. The molecule has 0 saturated heterocycles. The summed E-state index contributed by atoms with van der Waals surface area (Å²) in [5.74, 6) is 0.820. The summed E-state index contributed by atoms with van der Waals surface area (Å²) in [6.45, 7) is 7.87. The fourth-order valence-corrected chi connectivity index (χ4v) is 2.03. The molecule has 0 radical (unpaired) electrons. The summed E-state index contributed by atoms with van der Waals surface area (Å²) in [5.41, 5.74) is 0. The van der Waals surface area contributed by atoms with Crippen LogP contribution in [0.25, 0.3) is 0 Å². The molecule has 1 rings (SSSR count). The van der Waals surface area contributed by atoms with E-state index in [1.54, 1.807) is 0 Å². The van der Waals surface area contributed by atoms with Crippen LogP contribution in [0.5, 0.6) is 0 Å². The minimum atomic E-state index is 0.638. The quantitative estimate of drug-likeness (QED) is 0.757.